The molecule has 102 valence electrons. The molecular formula is C12H21N3O3. The van der Waals surface area contributed by atoms with Gasteiger partial charge in [0.15, 0.2) is 11.3 Å². The highest BCUT2D eigenvalue weighted by atomic mass is 16.5. The largest absolute Gasteiger partial charge is 0.490 e. The van der Waals surface area contributed by atoms with Gasteiger partial charge in [-0.25, -0.2) is 4.79 Å². The molecule has 0 saturated carbocycles. The third kappa shape index (κ3) is 3.46. The zero-order valence-corrected chi connectivity index (χ0v) is 11.2. The van der Waals surface area contributed by atoms with E-state index < -0.39 is 5.54 Å². The molecule has 1 rings (SSSR count). The molecule has 0 spiro atoms. The highest BCUT2D eigenvalue weighted by Gasteiger charge is 2.32. The molecular weight excluding hydrogens is 234 g/mol. The zero-order valence-electron chi connectivity index (χ0n) is 11.2. The molecule has 1 aromatic heterocycles. The topological polar surface area (TPSA) is 79.4 Å². The van der Waals surface area contributed by atoms with Crippen molar-refractivity contribution in [1.82, 2.24) is 9.78 Å². The average molecular weight is 255 g/mol. The van der Waals surface area contributed by atoms with Crippen LogP contribution in [0.1, 0.15) is 27.2 Å². The normalized spacial score (nSPS) is 11.3. The number of aromatic nitrogens is 2. The molecule has 6 nitrogen and oxygen atoms in total. The SMILES string of the molecule is CCOC(=O)C(C)(C)n1cc(OCCCN)cn1. The predicted octanol–water partition coefficient (Wildman–Crippen LogP) is 0.909. The van der Waals surface area contributed by atoms with Gasteiger partial charge in [0, 0.05) is 0 Å². The Bertz CT molecular complexity index is 388. The first-order valence-electron chi connectivity index (χ1n) is 6.07. The Morgan fingerprint density at radius 3 is 2.89 bits per heavy atom. The molecule has 1 heterocycles. The number of esters is 1. The number of hydrogen-bond acceptors (Lipinski definition) is 5. The van der Waals surface area contributed by atoms with Gasteiger partial charge in [-0.05, 0) is 33.7 Å². The van der Waals surface area contributed by atoms with E-state index in [9.17, 15) is 4.79 Å². The van der Waals surface area contributed by atoms with Crippen molar-refractivity contribution in [1.29, 1.82) is 0 Å². The molecule has 0 atom stereocenters. The van der Waals surface area contributed by atoms with Crippen LogP contribution in [0.4, 0.5) is 0 Å². The van der Waals surface area contributed by atoms with Crippen LogP contribution in [0.5, 0.6) is 5.75 Å². The smallest absolute Gasteiger partial charge is 0.333 e. The first kappa shape index (κ1) is 14.5. The van der Waals surface area contributed by atoms with Crippen molar-refractivity contribution in [3.63, 3.8) is 0 Å². The van der Waals surface area contributed by atoms with Gasteiger partial charge in [0.25, 0.3) is 0 Å². The summed E-state index contributed by atoms with van der Waals surface area (Å²) in [6.07, 6.45) is 4.05. The van der Waals surface area contributed by atoms with E-state index >= 15 is 0 Å². The van der Waals surface area contributed by atoms with Gasteiger partial charge in [0.2, 0.25) is 0 Å². The maximum Gasteiger partial charge on any atom is 0.333 e. The lowest BCUT2D eigenvalue weighted by atomic mass is 10.1. The lowest BCUT2D eigenvalue weighted by Crippen LogP contribution is -2.37. The number of carbonyl (C=O) groups is 1. The zero-order chi connectivity index (χ0) is 13.6. The lowest BCUT2D eigenvalue weighted by Gasteiger charge is -2.22. The molecule has 1 aromatic rings. The van der Waals surface area contributed by atoms with E-state index in [1.807, 2.05) is 0 Å². The number of rotatable bonds is 7. The number of ether oxygens (including phenoxy) is 2. The van der Waals surface area contributed by atoms with Crippen molar-refractivity contribution in [2.24, 2.45) is 5.73 Å². The number of nitrogens with two attached hydrogens (primary N) is 1. The van der Waals surface area contributed by atoms with Crippen LogP contribution in [-0.2, 0) is 15.1 Å². The van der Waals surface area contributed by atoms with Crippen LogP contribution in [0, 0.1) is 0 Å². The summed E-state index contributed by atoms with van der Waals surface area (Å²) in [6, 6.07) is 0. The molecule has 0 aliphatic rings. The lowest BCUT2D eigenvalue weighted by molar-refractivity contribution is -0.152. The summed E-state index contributed by atoms with van der Waals surface area (Å²) in [7, 11) is 0. The summed E-state index contributed by atoms with van der Waals surface area (Å²) in [4.78, 5) is 11.8. The number of carbonyl (C=O) groups excluding carboxylic acids is 1. The summed E-state index contributed by atoms with van der Waals surface area (Å²) in [5, 5.41) is 4.13. The van der Waals surface area contributed by atoms with Crippen molar-refractivity contribution < 1.29 is 14.3 Å². The molecule has 2 N–H and O–H groups in total. The Labute approximate surface area is 107 Å². The fourth-order valence-corrected chi connectivity index (χ4v) is 1.36. The fourth-order valence-electron chi connectivity index (χ4n) is 1.36. The van der Waals surface area contributed by atoms with Gasteiger partial charge in [-0.2, -0.15) is 5.10 Å². The predicted molar refractivity (Wildman–Crippen MR) is 67.3 cm³/mol. The van der Waals surface area contributed by atoms with Gasteiger partial charge in [-0.1, -0.05) is 0 Å². The van der Waals surface area contributed by atoms with E-state index in [0.29, 0.717) is 25.5 Å². The van der Waals surface area contributed by atoms with Crippen LogP contribution in [0.25, 0.3) is 0 Å². The third-order valence-corrected chi connectivity index (χ3v) is 2.52. The summed E-state index contributed by atoms with van der Waals surface area (Å²) >= 11 is 0. The first-order valence-corrected chi connectivity index (χ1v) is 6.07. The van der Waals surface area contributed by atoms with Gasteiger partial charge < -0.3 is 15.2 Å². The molecule has 0 fully saturated rings. The Hall–Kier alpha value is -1.56. The van der Waals surface area contributed by atoms with Crippen LogP contribution in [0.3, 0.4) is 0 Å². The Morgan fingerprint density at radius 1 is 1.56 bits per heavy atom. The van der Waals surface area contributed by atoms with Crippen LogP contribution in [0.2, 0.25) is 0 Å². The van der Waals surface area contributed by atoms with Crippen molar-refractivity contribution in [2.75, 3.05) is 19.8 Å². The summed E-state index contributed by atoms with van der Waals surface area (Å²) < 4.78 is 12.0. The molecule has 0 aliphatic carbocycles. The average Bonchev–Trinajstić information content (AvgIpc) is 2.79. The molecule has 6 heteroatoms. The van der Waals surface area contributed by atoms with Crippen LogP contribution < -0.4 is 10.5 Å². The van der Waals surface area contributed by atoms with Crippen molar-refractivity contribution in [2.45, 2.75) is 32.7 Å². The van der Waals surface area contributed by atoms with Crippen LogP contribution >= 0.6 is 0 Å². The van der Waals surface area contributed by atoms with Gasteiger partial charge in [0.05, 0.1) is 25.6 Å². The Kier molecular flexibility index (Phi) is 5.15. The quantitative estimate of drug-likeness (QED) is 0.578. The van der Waals surface area contributed by atoms with Gasteiger partial charge >= 0.3 is 5.97 Å². The van der Waals surface area contributed by atoms with Gasteiger partial charge in [0.1, 0.15) is 0 Å². The molecule has 0 radical (unpaired) electrons. The molecule has 0 aromatic carbocycles. The van der Waals surface area contributed by atoms with E-state index in [1.165, 1.54) is 0 Å². The van der Waals surface area contributed by atoms with Gasteiger partial charge in [-0.3, -0.25) is 4.68 Å². The monoisotopic (exact) mass is 255 g/mol. The third-order valence-electron chi connectivity index (χ3n) is 2.52. The molecule has 18 heavy (non-hydrogen) atoms. The maximum atomic E-state index is 11.8. The highest BCUT2D eigenvalue weighted by molar-refractivity contribution is 5.77. The fraction of sp³-hybridized carbons (Fsp3) is 0.667. The molecule has 0 amide bonds. The Morgan fingerprint density at radius 2 is 2.28 bits per heavy atom. The van der Waals surface area contributed by atoms with Crippen molar-refractivity contribution in [3.8, 4) is 5.75 Å². The van der Waals surface area contributed by atoms with E-state index in [-0.39, 0.29) is 5.97 Å². The molecule has 0 saturated heterocycles. The Balaban J connectivity index is 2.68. The van der Waals surface area contributed by atoms with Crippen molar-refractivity contribution >= 4 is 5.97 Å². The maximum absolute atomic E-state index is 11.8. The van der Waals surface area contributed by atoms with Crippen molar-refractivity contribution in [3.05, 3.63) is 12.4 Å². The molecule has 0 aliphatic heterocycles. The van der Waals surface area contributed by atoms with E-state index in [2.05, 4.69) is 5.10 Å². The number of nitrogens with zero attached hydrogens (tertiary/aromatic N) is 2. The second-order valence-corrected chi connectivity index (χ2v) is 4.39. The molecule has 0 unspecified atom stereocenters. The highest BCUT2D eigenvalue weighted by Crippen LogP contribution is 2.20. The van der Waals surface area contributed by atoms with E-state index in [0.717, 1.165) is 6.42 Å². The molecule has 0 bridgehead atoms. The minimum Gasteiger partial charge on any atom is -0.490 e. The number of hydrogen-bond donors (Lipinski definition) is 1. The summed E-state index contributed by atoms with van der Waals surface area (Å²) in [5.41, 5.74) is 4.54. The first-order chi connectivity index (χ1) is 8.52. The van der Waals surface area contributed by atoms with Crippen LogP contribution in [0.15, 0.2) is 12.4 Å². The second kappa shape index (κ2) is 6.39. The van der Waals surface area contributed by atoms with Gasteiger partial charge in [-0.15, -0.1) is 0 Å². The second-order valence-electron chi connectivity index (χ2n) is 4.39. The minimum atomic E-state index is -0.842. The van der Waals surface area contributed by atoms with E-state index in [1.54, 1.807) is 37.8 Å². The summed E-state index contributed by atoms with van der Waals surface area (Å²) in [5.74, 6) is 0.308. The summed E-state index contributed by atoms with van der Waals surface area (Å²) in [6.45, 7) is 6.76. The van der Waals surface area contributed by atoms with E-state index in [4.69, 9.17) is 15.2 Å². The van der Waals surface area contributed by atoms with Crippen LogP contribution in [-0.4, -0.2) is 35.5 Å². The standard InChI is InChI=1S/C12H21N3O3/c1-4-17-11(16)12(2,3)15-9-10(8-14-15)18-7-5-6-13/h8-9H,4-7,13H2,1-3H3. The minimum absolute atomic E-state index is 0.318.